The van der Waals surface area contributed by atoms with E-state index < -0.39 is 18.0 Å². The minimum atomic E-state index is -4.27. The Kier molecular flexibility index (Phi) is 3.88. The minimum Gasteiger partial charge on any atom is -0.477 e. The molecule has 1 atom stereocenters. The normalized spacial score (nSPS) is 13.6. The van der Waals surface area contributed by atoms with Crippen LogP contribution in [0.5, 0.6) is 0 Å². The highest BCUT2D eigenvalue weighted by molar-refractivity contribution is 9.10. The first kappa shape index (κ1) is 13.3. The van der Waals surface area contributed by atoms with Crippen molar-refractivity contribution in [2.75, 3.05) is 0 Å². The molecule has 1 aromatic rings. The van der Waals surface area contributed by atoms with Gasteiger partial charge in [-0.15, -0.1) is 0 Å². The van der Waals surface area contributed by atoms with Gasteiger partial charge in [0.1, 0.15) is 0 Å². The summed E-state index contributed by atoms with van der Waals surface area (Å²) in [4.78, 5) is 10.3. The summed E-state index contributed by atoms with van der Waals surface area (Å²) in [5, 5.41) is 17.7. The highest BCUT2D eigenvalue weighted by Gasteiger charge is 2.48. The van der Waals surface area contributed by atoms with Crippen molar-refractivity contribution < 1.29 is 23.8 Å². The molecule has 0 aliphatic heterocycles. The first-order valence-corrected chi connectivity index (χ1v) is 5.18. The van der Waals surface area contributed by atoms with Gasteiger partial charge in [-0.25, -0.2) is 4.79 Å². The molecular formula is C9H6BrClF2O3. The molecule has 0 saturated carbocycles. The van der Waals surface area contributed by atoms with Crippen LogP contribution in [-0.2, 0) is 4.79 Å². The van der Waals surface area contributed by atoms with Crippen LogP contribution in [0.1, 0.15) is 11.7 Å². The molecule has 2 N–H and O–H groups in total. The fraction of sp³-hybridized carbons (Fsp3) is 0.222. The Morgan fingerprint density at radius 2 is 2.06 bits per heavy atom. The van der Waals surface area contributed by atoms with Crippen LogP contribution < -0.4 is 0 Å². The van der Waals surface area contributed by atoms with Gasteiger partial charge in [-0.05, 0) is 18.2 Å². The van der Waals surface area contributed by atoms with Crippen LogP contribution in [0.2, 0.25) is 5.02 Å². The second-order valence-electron chi connectivity index (χ2n) is 3.00. The molecule has 0 fully saturated rings. The van der Waals surface area contributed by atoms with Crippen LogP contribution in [0.25, 0.3) is 0 Å². The van der Waals surface area contributed by atoms with E-state index in [9.17, 15) is 18.7 Å². The molecule has 0 heterocycles. The third-order valence-electron chi connectivity index (χ3n) is 1.88. The number of carboxylic acid groups (broad SMARTS) is 1. The standard InChI is InChI=1S/C9H6BrClF2O3/c10-6-2-1-4(11)3-5(6)7(14)9(12,13)8(15)16/h1-3,7,14H,(H,15,16). The van der Waals surface area contributed by atoms with Crippen molar-refractivity contribution in [2.24, 2.45) is 0 Å². The summed E-state index contributed by atoms with van der Waals surface area (Å²) >= 11 is 8.49. The zero-order chi connectivity index (χ0) is 12.5. The van der Waals surface area contributed by atoms with Crippen molar-refractivity contribution >= 4 is 33.5 Å². The van der Waals surface area contributed by atoms with Crippen LogP contribution in [-0.4, -0.2) is 22.1 Å². The van der Waals surface area contributed by atoms with Crippen LogP contribution >= 0.6 is 27.5 Å². The lowest BCUT2D eigenvalue weighted by molar-refractivity contribution is -0.183. The van der Waals surface area contributed by atoms with Crippen molar-refractivity contribution in [1.82, 2.24) is 0 Å². The molecule has 0 saturated heterocycles. The number of halogens is 4. The van der Waals surface area contributed by atoms with Gasteiger partial charge in [0.25, 0.3) is 0 Å². The molecule has 3 nitrogen and oxygen atoms in total. The molecule has 1 rings (SSSR count). The van der Waals surface area contributed by atoms with Gasteiger partial charge in [0.15, 0.2) is 6.10 Å². The monoisotopic (exact) mass is 314 g/mol. The summed E-state index contributed by atoms with van der Waals surface area (Å²) in [6, 6.07) is 3.84. The quantitative estimate of drug-likeness (QED) is 0.902. The third kappa shape index (κ3) is 2.50. The van der Waals surface area contributed by atoms with Gasteiger partial charge in [0.05, 0.1) is 0 Å². The Balaban J connectivity index is 3.19. The zero-order valence-corrected chi connectivity index (χ0v) is 9.97. The number of carboxylic acids is 1. The van der Waals surface area contributed by atoms with Gasteiger partial charge in [-0.3, -0.25) is 0 Å². The first-order valence-electron chi connectivity index (χ1n) is 4.01. The number of hydrogen-bond donors (Lipinski definition) is 2. The molecule has 88 valence electrons. The van der Waals surface area contributed by atoms with Crippen molar-refractivity contribution in [2.45, 2.75) is 12.0 Å². The summed E-state index contributed by atoms with van der Waals surface area (Å²) in [5.41, 5.74) is -0.278. The second kappa shape index (κ2) is 4.65. The van der Waals surface area contributed by atoms with Gasteiger partial charge in [-0.1, -0.05) is 27.5 Å². The Morgan fingerprint density at radius 3 is 2.56 bits per heavy atom. The van der Waals surface area contributed by atoms with Crippen LogP contribution in [0.15, 0.2) is 22.7 Å². The lowest BCUT2D eigenvalue weighted by Crippen LogP contribution is -2.35. The Morgan fingerprint density at radius 1 is 1.50 bits per heavy atom. The van der Waals surface area contributed by atoms with Crippen LogP contribution in [0.4, 0.5) is 8.78 Å². The molecule has 7 heteroatoms. The maximum absolute atomic E-state index is 13.0. The number of rotatable bonds is 3. The largest absolute Gasteiger partial charge is 0.477 e. The zero-order valence-electron chi connectivity index (χ0n) is 7.62. The first-order chi connectivity index (χ1) is 7.26. The molecule has 1 unspecified atom stereocenters. The highest BCUT2D eigenvalue weighted by Crippen LogP contribution is 2.36. The Bertz CT molecular complexity index is 425. The predicted molar refractivity (Wildman–Crippen MR) is 56.7 cm³/mol. The lowest BCUT2D eigenvalue weighted by Gasteiger charge is -2.19. The average molecular weight is 315 g/mol. The third-order valence-corrected chi connectivity index (χ3v) is 2.84. The van der Waals surface area contributed by atoms with E-state index in [1.807, 2.05) is 0 Å². The number of benzene rings is 1. The fourth-order valence-corrected chi connectivity index (χ4v) is 1.68. The predicted octanol–water partition coefficient (Wildman–Crippen LogP) is 2.86. The SMILES string of the molecule is O=C(O)C(F)(F)C(O)c1cc(Cl)ccc1Br. The van der Waals surface area contributed by atoms with Gasteiger partial charge >= 0.3 is 11.9 Å². The summed E-state index contributed by atoms with van der Waals surface area (Å²) in [5.74, 6) is -6.67. The summed E-state index contributed by atoms with van der Waals surface area (Å²) < 4.78 is 26.2. The number of hydrogen-bond acceptors (Lipinski definition) is 2. The van der Waals surface area contributed by atoms with E-state index in [1.165, 1.54) is 12.1 Å². The average Bonchev–Trinajstić information content (AvgIpc) is 2.20. The maximum Gasteiger partial charge on any atom is 0.377 e. The Labute approximate surface area is 103 Å². The van der Waals surface area contributed by atoms with Crippen molar-refractivity contribution in [3.8, 4) is 0 Å². The van der Waals surface area contributed by atoms with E-state index in [4.69, 9.17) is 16.7 Å². The molecule has 0 aromatic heterocycles. The van der Waals surface area contributed by atoms with Gasteiger partial charge in [0, 0.05) is 15.1 Å². The molecule has 0 aliphatic carbocycles. The number of aliphatic carboxylic acids is 1. The molecule has 0 amide bonds. The molecule has 0 bridgehead atoms. The van der Waals surface area contributed by atoms with E-state index in [0.717, 1.165) is 6.07 Å². The number of aliphatic hydroxyl groups is 1. The summed E-state index contributed by atoms with van der Waals surface area (Å²) in [6.07, 6.45) is -2.46. The maximum atomic E-state index is 13.0. The topological polar surface area (TPSA) is 57.5 Å². The van der Waals surface area contributed by atoms with Crippen LogP contribution in [0.3, 0.4) is 0 Å². The van der Waals surface area contributed by atoms with Crippen molar-refractivity contribution in [1.29, 1.82) is 0 Å². The fourth-order valence-electron chi connectivity index (χ4n) is 1.04. The van der Waals surface area contributed by atoms with Crippen LogP contribution in [0, 0.1) is 0 Å². The lowest BCUT2D eigenvalue weighted by atomic mass is 10.0. The van der Waals surface area contributed by atoms with Gasteiger partial charge in [-0.2, -0.15) is 8.78 Å². The highest BCUT2D eigenvalue weighted by atomic mass is 79.9. The minimum absolute atomic E-state index is 0.124. The smallest absolute Gasteiger partial charge is 0.377 e. The Hall–Kier alpha value is -0.720. The van der Waals surface area contributed by atoms with E-state index >= 15 is 0 Å². The van der Waals surface area contributed by atoms with E-state index in [-0.39, 0.29) is 15.1 Å². The molecular weight excluding hydrogens is 309 g/mol. The number of alkyl halides is 2. The molecule has 1 aromatic carbocycles. The van der Waals surface area contributed by atoms with E-state index in [0.29, 0.717) is 0 Å². The van der Waals surface area contributed by atoms with Crippen molar-refractivity contribution in [3.05, 3.63) is 33.3 Å². The molecule has 0 spiro atoms. The van der Waals surface area contributed by atoms with E-state index in [1.54, 1.807) is 0 Å². The molecule has 0 aliphatic rings. The summed E-state index contributed by atoms with van der Waals surface area (Å²) in [6.45, 7) is 0. The molecule has 0 radical (unpaired) electrons. The van der Waals surface area contributed by atoms with E-state index in [2.05, 4.69) is 15.9 Å². The van der Waals surface area contributed by atoms with Crippen molar-refractivity contribution in [3.63, 3.8) is 0 Å². The number of aliphatic hydroxyl groups excluding tert-OH is 1. The van der Waals surface area contributed by atoms with Gasteiger partial charge < -0.3 is 10.2 Å². The molecule has 16 heavy (non-hydrogen) atoms. The second-order valence-corrected chi connectivity index (χ2v) is 4.29. The van der Waals surface area contributed by atoms with Gasteiger partial charge in [0.2, 0.25) is 0 Å². The summed E-state index contributed by atoms with van der Waals surface area (Å²) in [7, 11) is 0. The number of carbonyl (C=O) groups is 1.